The highest BCUT2D eigenvalue weighted by molar-refractivity contribution is 9.09. The normalized spacial score (nSPS) is 39.4. The first-order valence-electron chi connectivity index (χ1n) is 13.2. The van der Waals surface area contributed by atoms with Gasteiger partial charge in [-0.05, 0) is 96.8 Å². The van der Waals surface area contributed by atoms with E-state index in [9.17, 15) is 10.2 Å². The number of halogens is 1. The molecule has 0 spiro atoms. The van der Waals surface area contributed by atoms with Crippen molar-refractivity contribution in [3.8, 4) is 0 Å². The maximum Gasteiger partial charge on any atom is 0.0704 e. The van der Waals surface area contributed by atoms with Crippen molar-refractivity contribution in [2.45, 2.75) is 96.3 Å². The van der Waals surface area contributed by atoms with E-state index in [2.05, 4.69) is 66.7 Å². The van der Waals surface area contributed by atoms with Crippen LogP contribution in [-0.2, 0) is 6.42 Å². The molecule has 8 atom stereocenters. The third-order valence-electron chi connectivity index (χ3n) is 9.99. The van der Waals surface area contributed by atoms with Crippen molar-refractivity contribution in [2.75, 3.05) is 18.4 Å². The van der Waals surface area contributed by atoms with E-state index in [1.54, 1.807) is 11.1 Å². The molecule has 1 saturated carbocycles. The summed E-state index contributed by atoms with van der Waals surface area (Å²) in [6.45, 7) is 11.5. The van der Waals surface area contributed by atoms with Crippen LogP contribution in [-0.4, -0.2) is 51.8 Å². The summed E-state index contributed by atoms with van der Waals surface area (Å²) in [5.41, 5.74) is 7.82. The first kappa shape index (κ1) is 24.0. The van der Waals surface area contributed by atoms with Gasteiger partial charge in [0.05, 0.1) is 12.2 Å². The molecule has 0 aromatic heterocycles. The summed E-state index contributed by atoms with van der Waals surface area (Å²) in [7, 11) is 0. The molecule has 1 aliphatic heterocycles. The Kier molecular flexibility index (Phi) is 6.61. The van der Waals surface area contributed by atoms with E-state index in [0.717, 1.165) is 50.5 Å². The Balaban J connectivity index is 1.45. The summed E-state index contributed by atoms with van der Waals surface area (Å²) < 4.78 is 0. The maximum absolute atomic E-state index is 11.1. The molecule has 2 N–H and O–H groups in total. The summed E-state index contributed by atoms with van der Waals surface area (Å²) in [6.07, 6.45) is 8.19. The zero-order valence-electron chi connectivity index (χ0n) is 20.9. The van der Waals surface area contributed by atoms with E-state index in [-0.39, 0.29) is 23.7 Å². The molecular weight excluding hydrogens is 474 g/mol. The van der Waals surface area contributed by atoms with Crippen LogP contribution in [0, 0.1) is 24.2 Å². The maximum atomic E-state index is 11.1. The van der Waals surface area contributed by atoms with E-state index in [0.29, 0.717) is 23.7 Å². The number of benzene rings is 1. The quantitative estimate of drug-likeness (QED) is 0.399. The smallest absolute Gasteiger partial charge is 0.0704 e. The fourth-order valence-corrected chi connectivity index (χ4v) is 8.70. The third kappa shape index (κ3) is 3.97. The predicted molar refractivity (Wildman–Crippen MR) is 139 cm³/mol. The number of likely N-dealkylation sites (tertiary alicyclic amines) is 1. The molecule has 1 saturated heterocycles. The number of hydrogen-bond acceptors (Lipinski definition) is 3. The lowest BCUT2D eigenvalue weighted by Gasteiger charge is -2.48. The molecule has 0 radical (unpaired) electrons. The molecule has 0 amide bonds. The molecule has 3 nitrogen and oxygen atoms in total. The number of aliphatic hydroxyl groups is 2. The topological polar surface area (TPSA) is 43.7 Å². The van der Waals surface area contributed by atoms with Gasteiger partial charge in [-0.15, -0.1) is 0 Å². The van der Waals surface area contributed by atoms with Crippen molar-refractivity contribution in [2.24, 2.45) is 17.3 Å². The number of allylic oxidation sites excluding steroid dienone is 1. The van der Waals surface area contributed by atoms with Crippen molar-refractivity contribution in [3.63, 3.8) is 0 Å². The Morgan fingerprint density at radius 3 is 2.79 bits per heavy atom. The molecule has 1 aromatic rings. The zero-order valence-corrected chi connectivity index (χ0v) is 22.4. The van der Waals surface area contributed by atoms with Crippen molar-refractivity contribution in [1.29, 1.82) is 0 Å². The average Bonchev–Trinajstić information content (AvgIpc) is 3.15. The van der Waals surface area contributed by atoms with Crippen LogP contribution in [0.15, 0.2) is 23.8 Å². The molecule has 0 unspecified atom stereocenters. The molecule has 0 bridgehead atoms. The first-order valence-corrected chi connectivity index (χ1v) is 14.3. The number of hydrogen-bond donors (Lipinski definition) is 2. The lowest BCUT2D eigenvalue weighted by molar-refractivity contribution is -0.0177. The summed E-state index contributed by atoms with van der Waals surface area (Å²) in [5.74, 6) is 2.14. The number of rotatable bonds is 4. The Morgan fingerprint density at radius 2 is 2.03 bits per heavy atom. The number of fused-ring (bicyclic) bond motifs is 5. The third-order valence-corrected chi connectivity index (χ3v) is 10.3. The monoisotopic (exact) mass is 515 g/mol. The van der Waals surface area contributed by atoms with Gasteiger partial charge in [0.25, 0.3) is 0 Å². The Morgan fingerprint density at radius 1 is 1.24 bits per heavy atom. The van der Waals surface area contributed by atoms with Crippen LogP contribution in [0.2, 0.25) is 0 Å². The minimum atomic E-state index is -0.266. The molecule has 5 rings (SSSR count). The predicted octanol–water partition coefficient (Wildman–Crippen LogP) is 5.70. The van der Waals surface area contributed by atoms with Crippen molar-refractivity contribution in [3.05, 3.63) is 46.0 Å². The molecule has 33 heavy (non-hydrogen) atoms. The minimum absolute atomic E-state index is 0.147. The van der Waals surface area contributed by atoms with Gasteiger partial charge in [-0.2, -0.15) is 0 Å². The molecule has 4 heteroatoms. The SMILES string of the molecule is Cc1c([C@H](C)[C@H]2[C@H](O)C[C@H](C)CN2CCBr)ccc2c1C[C@H]1[C@H]2CC=C2C[C@@H](O)CC[C@@]21C. The highest BCUT2D eigenvalue weighted by atomic mass is 79.9. The van der Waals surface area contributed by atoms with Crippen molar-refractivity contribution >= 4 is 15.9 Å². The van der Waals surface area contributed by atoms with Crippen molar-refractivity contribution in [1.82, 2.24) is 4.90 Å². The standard InChI is InChI=1S/C29H42BrNO2/c1-17-13-27(33)28(31(16-17)12-11-30)19(3)22-7-8-23-24-6-5-20-14-21(32)9-10-29(20,4)26(24)15-25(23)18(22)2/h5,7-8,17,19,21,24,26-28,32-33H,6,9-16H2,1-4H3/t17-,19-,21-,24-,26-,27+,28-,29-/m0/s1. The lowest BCUT2D eigenvalue weighted by Crippen LogP contribution is -2.54. The number of alkyl halides is 1. The Bertz CT molecular complexity index is 928. The van der Waals surface area contributed by atoms with Crippen LogP contribution in [0.25, 0.3) is 0 Å². The van der Waals surface area contributed by atoms with Gasteiger partial charge in [-0.3, -0.25) is 4.90 Å². The highest BCUT2D eigenvalue weighted by Gasteiger charge is 2.50. The summed E-state index contributed by atoms with van der Waals surface area (Å²) >= 11 is 3.64. The highest BCUT2D eigenvalue weighted by Crippen LogP contribution is 2.60. The summed E-state index contributed by atoms with van der Waals surface area (Å²) in [5, 5.41) is 22.3. The second-order valence-corrected chi connectivity index (χ2v) is 12.7. The summed E-state index contributed by atoms with van der Waals surface area (Å²) in [4.78, 5) is 2.52. The Hall–Kier alpha value is -0.680. The van der Waals surface area contributed by atoms with Crippen LogP contribution < -0.4 is 0 Å². The van der Waals surface area contributed by atoms with Gasteiger partial charge in [0.1, 0.15) is 0 Å². The molecule has 2 fully saturated rings. The second-order valence-electron chi connectivity index (χ2n) is 11.9. The van der Waals surface area contributed by atoms with Gasteiger partial charge in [0, 0.05) is 24.5 Å². The van der Waals surface area contributed by atoms with E-state index in [1.807, 2.05) is 0 Å². The van der Waals surface area contributed by atoms with E-state index >= 15 is 0 Å². The van der Waals surface area contributed by atoms with Crippen LogP contribution in [0.1, 0.15) is 87.0 Å². The van der Waals surface area contributed by atoms with Crippen LogP contribution in [0.5, 0.6) is 0 Å². The molecule has 1 aromatic carbocycles. The average molecular weight is 517 g/mol. The van der Waals surface area contributed by atoms with Crippen LogP contribution in [0.3, 0.4) is 0 Å². The minimum Gasteiger partial charge on any atom is -0.393 e. The van der Waals surface area contributed by atoms with E-state index in [4.69, 9.17) is 0 Å². The first-order chi connectivity index (χ1) is 15.7. The lowest BCUT2D eigenvalue weighted by atomic mass is 9.57. The molecule has 1 heterocycles. The van der Waals surface area contributed by atoms with E-state index in [1.165, 1.54) is 23.1 Å². The molecule has 182 valence electrons. The zero-order chi connectivity index (χ0) is 23.5. The number of aliphatic hydroxyl groups excluding tert-OH is 2. The van der Waals surface area contributed by atoms with Gasteiger partial charge in [0.2, 0.25) is 0 Å². The fraction of sp³-hybridized carbons (Fsp3) is 0.724. The molecule has 4 aliphatic rings. The largest absolute Gasteiger partial charge is 0.393 e. The van der Waals surface area contributed by atoms with Crippen molar-refractivity contribution < 1.29 is 10.2 Å². The van der Waals surface area contributed by atoms with Crippen LogP contribution in [0.4, 0.5) is 0 Å². The van der Waals surface area contributed by atoms with Gasteiger partial charge >= 0.3 is 0 Å². The van der Waals surface area contributed by atoms with Crippen LogP contribution >= 0.6 is 15.9 Å². The van der Waals surface area contributed by atoms with E-state index < -0.39 is 0 Å². The molecule has 3 aliphatic carbocycles. The van der Waals surface area contributed by atoms with Gasteiger partial charge < -0.3 is 10.2 Å². The van der Waals surface area contributed by atoms with Gasteiger partial charge in [0.15, 0.2) is 0 Å². The summed E-state index contributed by atoms with van der Waals surface area (Å²) in [6, 6.07) is 5.01. The second kappa shape index (κ2) is 9.08. The van der Waals surface area contributed by atoms with Gasteiger partial charge in [-0.1, -0.05) is 60.5 Å². The number of nitrogens with zero attached hydrogens (tertiary/aromatic N) is 1. The van der Waals surface area contributed by atoms with Gasteiger partial charge in [-0.25, -0.2) is 0 Å². The Labute approximate surface area is 208 Å². The fourth-order valence-electron chi connectivity index (χ4n) is 8.25. The number of piperidine rings is 1. The molecular formula is C29H42BrNO2.